The normalized spacial score (nSPS) is 10.9. The van der Waals surface area contributed by atoms with Gasteiger partial charge in [0.15, 0.2) is 11.5 Å². The van der Waals surface area contributed by atoms with Crippen molar-refractivity contribution in [2.75, 3.05) is 13.1 Å². The van der Waals surface area contributed by atoms with E-state index < -0.39 is 0 Å². The number of hydrogen-bond acceptors (Lipinski definition) is 4. The molecule has 0 aliphatic heterocycles. The number of aromatic hydroxyl groups is 2. The molecule has 1 aromatic rings. The predicted molar refractivity (Wildman–Crippen MR) is 71.3 cm³/mol. The second kappa shape index (κ2) is 6.45. The predicted octanol–water partition coefficient (Wildman–Crippen LogP) is 1.87. The van der Waals surface area contributed by atoms with E-state index in [-0.39, 0.29) is 23.0 Å². The molecule has 0 radical (unpaired) electrons. The van der Waals surface area contributed by atoms with Crippen LogP contribution in [0.4, 0.5) is 0 Å². The maximum absolute atomic E-state index is 12.0. The van der Waals surface area contributed by atoms with Crippen LogP contribution in [-0.2, 0) is 4.79 Å². The number of carbonyl (C=O) groups excluding carboxylic acids is 1. The van der Waals surface area contributed by atoms with Crippen molar-refractivity contribution in [1.82, 2.24) is 4.90 Å². The van der Waals surface area contributed by atoms with Gasteiger partial charge in [0.2, 0.25) is 0 Å². The van der Waals surface area contributed by atoms with Gasteiger partial charge >= 0.3 is 0 Å². The lowest BCUT2D eigenvalue weighted by atomic mass is 10.1. The van der Waals surface area contributed by atoms with Gasteiger partial charge in [-0.25, -0.2) is 0 Å². The zero-order valence-corrected chi connectivity index (χ0v) is 10.9. The van der Waals surface area contributed by atoms with E-state index in [1.165, 1.54) is 29.2 Å². The van der Waals surface area contributed by atoms with Crippen molar-refractivity contribution in [2.45, 2.75) is 13.8 Å². The minimum atomic E-state index is -0.347. The highest BCUT2D eigenvalue weighted by atomic mass is 16.3. The first-order chi connectivity index (χ1) is 9.03. The molecule has 0 saturated heterocycles. The van der Waals surface area contributed by atoms with Crippen LogP contribution in [0.25, 0.3) is 6.08 Å². The molecule has 19 heavy (non-hydrogen) atoms. The maximum atomic E-state index is 12.0. The molecule has 0 fully saturated rings. The number of benzene rings is 1. The molecular weight excluding hydrogens is 244 g/mol. The largest absolute Gasteiger partial charge is 0.504 e. The van der Waals surface area contributed by atoms with Crippen LogP contribution in [0.15, 0.2) is 23.8 Å². The summed E-state index contributed by atoms with van der Waals surface area (Å²) in [5.74, 6) is -0.882. The summed E-state index contributed by atoms with van der Waals surface area (Å²) in [7, 11) is 0. The summed E-state index contributed by atoms with van der Waals surface area (Å²) in [6, 6.07) is 5.97. The van der Waals surface area contributed by atoms with E-state index in [2.05, 4.69) is 0 Å². The van der Waals surface area contributed by atoms with Crippen LogP contribution in [0.2, 0.25) is 0 Å². The van der Waals surface area contributed by atoms with E-state index in [0.29, 0.717) is 18.7 Å². The lowest BCUT2D eigenvalue weighted by molar-refractivity contribution is -0.126. The third-order valence-electron chi connectivity index (χ3n) is 2.71. The lowest BCUT2D eigenvalue weighted by Crippen LogP contribution is -2.31. The highest BCUT2D eigenvalue weighted by Gasteiger charge is 2.15. The van der Waals surface area contributed by atoms with Crippen molar-refractivity contribution in [2.24, 2.45) is 0 Å². The van der Waals surface area contributed by atoms with Gasteiger partial charge in [-0.1, -0.05) is 6.07 Å². The summed E-state index contributed by atoms with van der Waals surface area (Å²) < 4.78 is 0. The zero-order chi connectivity index (χ0) is 14.4. The van der Waals surface area contributed by atoms with Gasteiger partial charge in [-0.2, -0.15) is 5.26 Å². The number of phenols is 2. The smallest absolute Gasteiger partial charge is 0.264 e. The van der Waals surface area contributed by atoms with Crippen LogP contribution in [0.1, 0.15) is 19.4 Å². The second-order valence-corrected chi connectivity index (χ2v) is 3.90. The fourth-order valence-corrected chi connectivity index (χ4v) is 1.62. The summed E-state index contributed by atoms with van der Waals surface area (Å²) in [5.41, 5.74) is 0.473. The topological polar surface area (TPSA) is 84.6 Å². The molecular formula is C14H16N2O3. The average molecular weight is 260 g/mol. The van der Waals surface area contributed by atoms with E-state index in [9.17, 15) is 15.0 Å². The first-order valence-corrected chi connectivity index (χ1v) is 5.96. The van der Waals surface area contributed by atoms with E-state index in [0.717, 1.165) is 0 Å². The molecule has 5 heteroatoms. The molecule has 0 atom stereocenters. The standard InChI is InChI=1S/C14H16N2O3/c1-3-16(4-2)14(19)11(9-15)7-10-5-6-12(17)13(18)8-10/h5-8,17-18H,3-4H2,1-2H3/b11-7-. The van der Waals surface area contributed by atoms with Gasteiger partial charge in [0, 0.05) is 13.1 Å². The number of likely N-dealkylation sites (N-methyl/N-ethyl adjacent to an activating group) is 1. The molecule has 0 heterocycles. The van der Waals surface area contributed by atoms with Gasteiger partial charge in [0.05, 0.1) is 0 Å². The molecule has 0 unspecified atom stereocenters. The number of nitrogens with zero attached hydrogens (tertiary/aromatic N) is 2. The van der Waals surface area contributed by atoms with Crippen LogP contribution in [0.5, 0.6) is 11.5 Å². The Morgan fingerprint density at radius 3 is 2.42 bits per heavy atom. The van der Waals surface area contributed by atoms with Crippen molar-refractivity contribution in [3.8, 4) is 17.6 Å². The maximum Gasteiger partial charge on any atom is 0.264 e. The number of amides is 1. The molecule has 0 aliphatic carbocycles. The van der Waals surface area contributed by atoms with Crippen molar-refractivity contribution in [1.29, 1.82) is 5.26 Å². The molecule has 0 aliphatic rings. The van der Waals surface area contributed by atoms with Crippen LogP contribution in [0, 0.1) is 11.3 Å². The molecule has 0 aromatic heterocycles. The van der Waals surface area contributed by atoms with E-state index in [1.54, 1.807) is 0 Å². The molecule has 1 rings (SSSR count). The van der Waals surface area contributed by atoms with E-state index in [4.69, 9.17) is 5.26 Å². The highest BCUT2D eigenvalue weighted by Crippen LogP contribution is 2.26. The summed E-state index contributed by atoms with van der Waals surface area (Å²) in [6.45, 7) is 4.72. The minimum absolute atomic E-state index is 0.00575. The van der Waals surface area contributed by atoms with Crippen molar-refractivity contribution in [3.05, 3.63) is 29.3 Å². The lowest BCUT2D eigenvalue weighted by Gasteiger charge is -2.17. The van der Waals surface area contributed by atoms with Gasteiger partial charge in [-0.05, 0) is 37.6 Å². The monoisotopic (exact) mass is 260 g/mol. The summed E-state index contributed by atoms with van der Waals surface area (Å²) >= 11 is 0. The first kappa shape index (κ1) is 14.6. The Balaban J connectivity index is 3.09. The Labute approximate surface area is 112 Å². The first-order valence-electron chi connectivity index (χ1n) is 5.96. The Bertz CT molecular complexity index is 540. The van der Waals surface area contributed by atoms with Crippen molar-refractivity contribution < 1.29 is 15.0 Å². The number of phenolic OH excluding ortho intramolecular Hbond substituents is 2. The second-order valence-electron chi connectivity index (χ2n) is 3.90. The third kappa shape index (κ3) is 3.49. The molecule has 1 amide bonds. The molecule has 2 N–H and O–H groups in total. The third-order valence-corrected chi connectivity index (χ3v) is 2.71. The Hall–Kier alpha value is -2.48. The van der Waals surface area contributed by atoms with Crippen LogP contribution in [0.3, 0.4) is 0 Å². The molecule has 0 saturated carbocycles. The van der Waals surface area contributed by atoms with Gasteiger partial charge in [0.25, 0.3) is 5.91 Å². The number of nitriles is 1. The van der Waals surface area contributed by atoms with Crippen molar-refractivity contribution >= 4 is 12.0 Å². The molecule has 100 valence electrons. The minimum Gasteiger partial charge on any atom is -0.504 e. The van der Waals surface area contributed by atoms with Gasteiger partial charge in [-0.3, -0.25) is 4.79 Å². The number of hydrogen-bond donors (Lipinski definition) is 2. The van der Waals surface area contributed by atoms with Crippen LogP contribution >= 0.6 is 0 Å². The summed E-state index contributed by atoms with van der Waals surface area (Å²) in [6.07, 6.45) is 1.39. The quantitative estimate of drug-likeness (QED) is 0.491. The molecule has 0 bridgehead atoms. The summed E-state index contributed by atoms with van der Waals surface area (Å²) in [4.78, 5) is 13.6. The Kier molecular flexibility index (Phi) is 4.95. The fourth-order valence-electron chi connectivity index (χ4n) is 1.62. The van der Waals surface area contributed by atoms with Crippen LogP contribution < -0.4 is 0 Å². The van der Waals surface area contributed by atoms with Crippen molar-refractivity contribution in [3.63, 3.8) is 0 Å². The number of rotatable bonds is 4. The Morgan fingerprint density at radius 2 is 1.95 bits per heavy atom. The average Bonchev–Trinajstić information content (AvgIpc) is 2.41. The number of carbonyl (C=O) groups is 1. The van der Waals surface area contributed by atoms with Crippen LogP contribution in [-0.4, -0.2) is 34.1 Å². The van der Waals surface area contributed by atoms with E-state index >= 15 is 0 Å². The van der Waals surface area contributed by atoms with Gasteiger partial charge < -0.3 is 15.1 Å². The SMILES string of the molecule is CCN(CC)C(=O)/C(C#N)=C\c1ccc(O)c(O)c1. The van der Waals surface area contributed by atoms with Gasteiger partial charge in [-0.15, -0.1) is 0 Å². The van der Waals surface area contributed by atoms with Gasteiger partial charge in [0.1, 0.15) is 11.6 Å². The highest BCUT2D eigenvalue weighted by molar-refractivity contribution is 6.01. The summed E-state index contributed by atoms with van der Waals surface area (Å²) in [5, 5.41) is 27.6. The Morgan fingerprint density at radius 1 is 1.32 bits per heavy atom. The molecule has 1 aromatic carbocycles. The zero-order valence-electron chi connectivity index (χ0n) is 10.9. The molecule has 0 spiro atoms. The fraction of sp³-hybridized carbons (Fsp3) is 0.286. The van der Waals surface area contributed by atoms with E-state index in [1.807, 2.05) is 19.9 Å². The molecule has 5 nitrogen and oxygen atoms in total.